The second kappa shape index (κ2) is 3.50. The molecule has 1 radical (unpaired) electrons. The van der Waals surface area contributed by atoms with E-state index in [1.165, 1.54) is 0 Å². The monoisotopic (exact) mass is 183 g/mol. The summed E-state index contributed by atoms with van der Waals surface area (Å²) in [5.41, 5.74) is 8.77. The van der Waals surface area contributed by atoms with Gasteiger partial charge < -0.3 is 5.73 Å². The zero-order chi connectivity index (χ0) is 9.97. The van der Waals surface area contributed by atoms with E-state index in [9.17, 15) is 0 Å². The number of nitrogen functional groups attached to an aromatic ring is 1. The average molecular weight is 183 g/mol. The Hall–Kier alpha value is -1.83. The van der Waals surface area contributed by atoms with Gasteiger partial charge in [-0.25, -0.2) is 4.98 Å². The van der Waals surface area contributed by atoms with Gasteiger partial charge in [0, 0.05) is 11.3 Å². The predicted molar refractivity (Wildman–Crippen MR) is 57.7 cm³/mol. The quantitative estimate of drug-likeness (QED) is 0.737. The summed E-state index contributed by atoms with van der Waals surface area (Å²) in [7, 11) is 0. The first kappa shape index (κ1) is 8.75. The van der Waals surface area contributed by atoms with Gasteiger partial charge in [-0.15, -0.1) is 0 Å². The van der Waals surface area contributed by atoms with E-state index < -0.39 is 0 Å². The minimum atomic E-state index is 0.561. The van der Waals surface area contributed by atoms with Gasteiger partial charge in [-0.1, -0.05) is 18.2 Å². The third-order valence-corrected chi connectivity index (χ3v) is 2.13. The normalized spacial score (nSPS) is 10.1. The van der Waals surface area contributed by atoms with E-state index >= 15 is 0 Å². The number of rotatable bonds is 1. The molecule has 2 N–H and O–H groups in total. The molecule has 0 aliphatic carbocycles. The molecule has 0 saturated heterocycles. The van der Waals surface area contributed by atoms with Crippen molar-refractivity contribution in [1.82, 2.24) is 4.98 Å². The molecular weight excluding hydrogens is 172 g/mol. The molecule has 1 aromatic heterocycles. The van der Waals surface area contributed by atoms with Gasteiger partial charge in [-0.3, -0.25) is 0 Å². The summed E-state index contributed by atoms with van der Waals surface area (Å²) in [6.45, 7) is 1.96. The number of aryl methyl sites for hydroxylation is 1. The van der Waals surface area contributed by atoms with Crippen LogP contribution in [0.4, 0.5) is 5.82 Å². The molecule has 2 nitrogen and oxygen atoms in total. The Balaban J connectivity index is 2.53. The van der Waals surface area contributed by atoms with Crippen LogP contribution in [0.1, 0.15) is 5.69 Å². The van der Waals surface area contributed by atoms with Crippen LogP contribution < -0.4 is 5.73 Å². The first-order chi connectivity index (χ1) is 6.77. The number of anilines is 1. The summed E-state index contributed by atoms with van der Waals surface area (Å²) < 4.78 is 0. The number of pyridine rings is 1. The molecule has 0 spiro atoms. The fraction of sp³-hybridized carbons (Fsp3) is 0.0833. The average Bonchev–Trinajstić information content (AvgIpc) is 2.19. The van der Waals surface area contributed by atoms with E-state index in [4.69, 9.17) is 5.73 Å². The Labute approximate surface area is 83.4 Å². The maximum absolute atomic E-state index is 5.59. The molecule has 69 valence electrons. The lowest BCUT2D eigenvalue weighted by molar-refractivity contribution is 1.21. The van der Waals surface area contributed by atoms with Crippen LogP contribution in [0.3, 0.4) is 0 Å². The van der Waals surface area contributed by atoms with E-state index in [0.717, 1.165) is 16.8 Å². The van der Waals surface area contributed by atoms with Crippen molar-refractivity contribution in [3.05, 3.63) is 48.2 Å². The van der Waals surface area contributed by atoms with Crippen LogP contribution in [-0.2, 0) is 0 Å². The Morgan fingerprint density at radius 3 is 2.79 bits per heavy atom. The van der Waals surface area contributed by atoms with E-state index in [2.05, 4.69) is 11.1 Å². The second-order valence-corrected chi connectivity index (χ2v) is 3.16. The van der Waals surface area contributed by atoms with Crippen molar-refractivity contribution >= 4 is 5.82 Å². The van der Waals surface area contributed by atoms with Crippen LogP contribution in [0.25, 0.3) is 11.1 Å². The zero-order valence-corrected chi connectivity index (χ0v) is 7.99. The van der Waals surface area contributed by atoms with Gasteiger partial charge in [-0.2, -0.15) is 0 Å². The summed E-state index contributed by atoms with van der Waals surface area (Å²) in [5, 5.41) is 0. The van der Waals surface area contributed by atoms with Crippen molar-refractivity contribution in [1.29, 1.82) is 0 Å². The van der Waals surface area contributed by atoms with Gasteiger partial charge in [0.05, 0.1) is 0 Å². The number of aromatic nitrogens is 1. The molecule has 0 fully saturated rings. The smallest absolute Gasteiger partial charge is 0.123 e. The van der Waals surface area contributed by atoms with Gasteiger partial charge in [-0.05, 0) is 36.8 Å². The number of nitrogens with two attached hydrogens (primary N) is 1. The SMILES string of the molecule is Cc1nc(N)ccc1-c1c[c]ccc1. The first-order valence-electron chi connectivity index (χ1n) is 4.47. The summed E-state index contributed by atoms with van der Waals surface area (Å²) in [6.07, 6.45) is 0. The Kier molecular flexibility index (Phi) is 2.19. The number of nitrogens with zero attached hydrogens (tertiary/aromatic N) is 1. The van der Waals surface area contributed by atoms with Crippen LogP contribution in [0.2, 0.25) is 0 Å². The maximum Gasteiger partial charge on any atom is 0.123 e. The Bertz CT molecular complexity index is 435. The fourth-order valence-electron chi connectivity index (χ4n) is 1.45. The third-order valence-electron chi connectivity index (χ3n) is 2.13. The zero-order valence-electron chi connectivity index (χ0n) is 7.99. The highest BCUT2D eigenvalue weighted by Gasteiger charge is 2.01. The standard InChI is InChI=1S/C12H11N2/c1-9-11(7-8-12(13)14-9)10-5-3-2-4-6-10/h2-3,5-8H,1H3,(H2,13,14). The molecule has 1 aromatic carbocycles. The summed E-state index contributed by atoms with van der Waals surface area (Å²) in [4.78, 5) is 4.21. The van der Waals surface area contributed by atoms with E-state index in [-0.39, 0.29) is 0 Å². The lowest BCUT2D eigenvalue weighted by Gasteiger charge is -2.05. The van der Waals surface area contributed by atoms with Crippen molar-refractivity contribution < 1.29 is 0 Å². The van der Waals surface area contributed by atoms with Gasteiger partial charge in [0.1, 0.15) is 5.82 Å². The molecule has 0 unspecified atom stereocenters. The molecule has 0 aliphatic rings. The van der Waals surface area contributed by atoms with Crippen LogP contribution >= 0.6 is 0 Å². The molecule has 0 bridgehead atoms. The topological polar surface area (TPSA) is 38.9 Å². The summed E-state index contributed by atoms with van der Waals surface area (Å²) in [5.74, 6) is 0.561. The van der Waals surface area contributed by atoms with Crippen molar-refractivity contribution in [2.75, 3.05) is 5.73 Å². The fourth-order valence-corrected chi connectivity index (χ4v) is 1.45. The molecular formula is C12H11N2. The molecule has 1 heterocycles. The Morgan fingerprint density at radius 2 is 2.14 bits per heavy atom. The lowest BCUT2D eigenvalue weighted by Crippen LogP contribution is -1.93. The van der Waals surface area contributed by atoms with E-state index in [1.807, 2.05) is 43.3 Å². The highest BCUT2D eigenvalue weighted by Crippen LogP contribution is 2.21. The van der Waals surface area contributed by atoms with Crippen molar-refractivity contribution in [3.63, 3.8) is 0 Å². The maximum atomic E-state index is 5.59. The largest absolute Gasteiger partial charge is 0.384 e. The van der Waals surface area contributed by atoms with Gasteiger partial charge in [0.2, 0.25) is 0 Å². The van der Waals surface area contributed by atoms with Crippen LogP contribution in [0.15, 0.2) is 36.4 Å². The molecule has 0 amide bonds. The van der Waals surface area contributed by atoms with Crippen LogP contribution in [-0.4, -0.2) is 4.98 Å². The second-order valence-electron chi connectivity index (χ2n) is 3.16. The minimum absolute atomic E-state index is 0.561. The number of hydrogen-bond acceptors (Lipinski definition) is 2. The highest BCUT2D eigenvalue weighted by atomic mass is 14.8. The molecule has 2 rings (SSSR count). The number of hydrogen-bond donors (Lipinski definition) is 1. The molecule has 2 heteroatoms. The lowest BCUT2D eigenvalue weighted by atomic mass is 10.0. The van der Waals surface area contributed by atoms with E-state index in [1.54, 1.807) is 0 Å². The van der Waals surface area contributed by atoms with E-state index in [0.29, 0.717) is 5.82 Å². The molecule has 0 aliphatic heterocycles. The number of benzene rings is 1. The van der Waals surface area contributed by atoms with Gasteiger partial charge in [0.25, 0.3) is 0 Å². The Morgan fingerprint density at radius 1 is 1.29 bits per heavy atom. The molecule has 14 heavy (non-hydrogen) atoms. The summed E-state index contributed by atoms with van der Waals surface area (Å²) in [6, 6.07) is 14.7. The van der Waals surface area contributed by atoms with Crippen LogP contribution in [0, 0.1) is 13.0 Å². The van der Waals surface area contributed by atoms with Crippen molar-refractivity contribution in [3.8, 4) is 11.1 Å². The molecule has 0 saturated carbocycles. The van der Waals surface area contributed by atoms with Gasteiger partial charge in [0.15, 0.2) is 0 Å². The van der Waals surface area contributed by atoms with Crippen molar-refractivity contribution in [2.45, 2.75) is 6.92 Å². The predicted octanol–water partition coefficient (Wildman–Crippen LogP) is 2.44. The third kappa shape index (κ3) is 1.59. The van der Waals surface area contributed by atoms with Gasteiger partial charge >= 0.3 is 0 Å². The molecule has 2 aromatic rings. The minimum Gasteiger partial charge on any atom is -0.384 e. The van der Waals surface area contributed by atoms with Crippen LogP contribution in [0.5, 0.6) is 0 Å². The summed E-state index contributed by atoms with van der Waals surface area (Å²) >= 11 is 0. The molecule has 0 atom stereocenters. The van der Waals surface area contributed by atoms with Crippen molar-refractivity contribution in [2.24, 2.45) is 0 Å². The highest BCUT2D eigenvalue weighted by molar-refractivity contribution is 5.66. The first-order valence-corrected chi connectivity index (χ1v) is 4.47.